The van der Waals surface area contributed by atoms with Crippen LogP contribution in [0, 0.1) is 0 Å². The van der Waals surface area contributed by atoms with Crippen molar-refractivity contribution < 1.29 is 9.53 Å². The lowest BCUT2D eigenvalue weighted by Crippen LogP contribution is -2.24. The average molecular weight is 403 g/mol. The number of hydrogen-bond donors (Lipinski definition) is 0. The van der Waals surface area contributed by atoms with Gasteiger partial charge in [-0.15, -0.1) is 0 Å². The van der Waals surface area contributed by atoms with Crippen LogP contribution in [0.15, 0.2) is 58.5 Å². The molecule has 0 aliphatic rings. The first kappa shape index (κ1) is 19.5. The SMILES string of the molecule is CC(C)OC(=O)CSc1nc2ccccc2c(=O)n1Cc1ccc(Cl)cc1. The number of benzene rings is 2. The van der Waals surface area contributed by atoms with E-state index in [1.165, 1.54) is 11.8 Å². The minimum atomic E-state index is -0.338. The Balaban J connectivity index is 1.97. The maximum Gasteiger partial charge on any atom is 0.316 e. The number of carbonyl (C=O) groups excluding carboxylic acids is 1. The summed E-state index contributed by atoms with van der Waals surface area (Å²) in [5.41, 5.74) is 1.38. The molecule has 140 valence electrons. The molecule has 27 heavy (non-hydrogen) atoms. The van der Waals surface area contributed by atoms with Gasteiger partial charge in [0.2, 0.25) is 0 Å². The van der Waals surface area contributed by atoms with Gasteiger partial charge in [-0.2, -0.15) is 0 Å². The van der Waals surface area contributed by atoms with Gasteiger partial charge in [0, 0.05) is 5.02 Å². The third-order valence-electron chi connectivity index (χ3n) is 3.77. The van der Waals surface area contributed by atoms with Crippen LogP contribution < -0.4 is 5.56 Å². The number of aromatic nitrogens is 2. The number of carbonyl (C=O) groups is 1. The molecule has 0 spiro atoms. The molecule has 2 aromatic carbocycles. The molecule has 1 heterocycles. The largest absolute Gasteiger partial charge is 0.462 e. The highest BCUT2D eigenvalue weighted by atomic mass is 35.5. The Labute approximate surface area is 166 Å². The van der Waals surface area contributed by atoms with E-state index in [0.29, 0.717) is 27.6 Å². The van der Waals surface area contributed by atoms with Crippen molar-refractivity contribution in [3.63, 3.8) is 0 Å². The monoisotopic (exact) mass is 402 g/mol. The second-order valence-electron chi connectivity index (χ2n) is 6.26. The molecule has 0 saturated carbocycles. The Hall–Kier alpha value is -2.31. The van der Waals surface area contributed by atoms with Gasteiger partial charge in [-0.3, -0.25) is 14.2 Å². The van der Waals surface area contributed by atoms with Gasteiger partial charge < -0.3 is 4.74 Å². The lowest BCUT2D eigenvalue weighted by atomic mass is 10.2. The molecule has 0 aliphatic carbocycles. The molecule has 0 saturated heterocycles. The van der Waals surface area contributed by atoms with E-state index < -0.39 is 0 Å². The van der Waals surface area contributed by atoms with E-state index in [-0.39, 0.29) is 23.4 Å². The quantitative estimate of drug-likeness (QED) is 0.352. The van der Waals surface area contributed by atoms with Crippen LogP contribution in [0.25, 0.3) is 10.9 Å². The highest BCUT2D eigenvalue weighted by Crippen LogP contribution is 2.20. The fourth-order valence-electron chi connectivity index (χ4n) is 2.59. The average Bonchev–Trinajstić information content (AvgIpc) is 2.64. The van der Waals surface area contributed by atoms with Crippen molar-refractivity contribution in [3.8, 4) is 0 Å². The Bertz CT molecular complexity index is 1020. The third kappa shape index (κ3) is 4.90. The first-order valence-electron chi connectivity index (χ1n) is 8.50. The fraction of sp³-hybridized carbons (Fsp3) is 0.250. The van der Waals surface area contributed by atoms with Gasteiger partial charge in [0.1, 0.15) is 0 Å². The summed E-state index contributed by atoms with van der Waals surface area (Å²) in [6, 6.07) is 14.5. The Kier molecular flexibility index (Phi) is 6.19. The van der Waals surface area contributed by atoms with Gasteiger partial charge in [-0.1, -0.05) is 47.6 Å². The lowest BCUT2D eigenvalue weighted by molar-refractivity contribution is -0.144. The maximum atomic E-state index is 13.0. The molecule has 7 heteroatoms. The number of halogens is 1. The highest BCUT2D eigenvalue weighted by molar-refractivity contribution is 7.99. The van der Waals surface area contributed by atoms with Crippen LogP contribution in [0.2, 0.25) is 5.02 Å². The van der Waals surface area contributed by atoms with Crippen LogP contribution in [0.5, 0.6) is 0 Å². The highest BCUT2D eigenvalue weighted by Gasteiger charge is 2.14. The second-order valence-corrected chi connectivity index (χ2v) is 7.64. The number of rotatable bonds is 6. The number of fused-ring (bicyclic) bond motifs is 1. The molecule has 3 aromatic rings. The summed E-state index contributed by atoms with van der Waals surface area (Å²) in [6.07, 6.45) is -0.182. The summed E-state index contributed by atoms with van der Waals surface area (Å²) in [7, 11) is 0. The normalized spacial score (nSPS) is 11.1. The maximum absolute atomic E-state index is 13.0. The molecule has 5 nitrogen and oxygen atoms in total. The molecular weight excluding hydrogens is 384 g/mol. The van der Waals surface area contributed by atoms with Crippen molar-refractivity contribution in [2.24, 2.45) is 0 Å². The number of ether oxygens (including phenoxy) is 1. The fourth-order valence-corrected chi connectivity index (χ4v) is 3.50. The van der Waals surface area contributed by atoms with Gasteiger partial charge >= 0.3 is 5.97 Å². The van der Waals surface area contributed by atoms with Gasteiger partial charge in [-0.05, 0) is 43.7 Å². The molecule has 0 aliphatic heterocycles. The third-order valence-corrected chi connectivity index (χ3v) is 4.97. The van der Waals surface area contributed by atoms with Crippen LogP contribution in [0.1, 0.15) is 19.4 Å². The molecule has 0 atom stereocenters. The topological polar surface area (TPSA) is 61.2 Å². The number of nitrogens with zero attached hydrogens (tertiary/aromatic N) is 2. The van der Waals surface area contributed by atoms with E-state index in [1.807, 2.05) is 24.3 Å². The van der Waals surface area contributed by atoms with E-state index >= 15 is 0 Å². The number of thioether (sulfide) groups is 1. The lowest BCUT2D eigenvalue weighted by Gasteiger charge is -2.14. The van der Waals surface area contributed by atoms with Crippen molar-refractivity contribution >= 4 is 40.2 Å². The summed E-state index contributed by atoms with van der Waals surface area (Å²) in [6.45, 7) is 3.94. The Morgan fingerprint density at radius 1 is 1.19 bits per heavy atom. The van der Waals surface area contributed by atoms with Crippen molar-refractivity contribution in [1.29, 1.82) is 0 Å². The van der Waals surface area contributed by atoms with E-state index in [1.54, 1.807) is 42.7 Å². The molecule has 0 fully saturated rings. The summed E-state index contributed by atoms with van der Waals surface area (Å²) < 4.78 is 6.75. The molecule has 1 aromatic heterocycles. The van der Waals surface area contributed by atoms with Crippen molar-refractivity contribution in [2.75, 3.05) is 5.75 Å². The molecule has 0 N–H and O–H groups in total. The first-order valence-corrected chi connectivity index (χ1v) is 9.86. The molecular formula is C20H19ClN2O3S. The zero-order valence-electron chi connectivity index (χ0n) is 15.0. The molecule has 3 rings (SSSR count). The Morgan fingerprint density at radius 3 is 2.59 bits per heavy atom. The number of esters is 1. The van der Waals surface area contributed by atoms with E-state index in [2.05, 4.69) is 4.98 Å². The van der Waals surface area contributed by atoms with Gasteiger partial charge in [0.25, 0.3) is 5.56 Å². The van der Waals surface area contributed by atoms with Crippen LogP contribution in [0.4, 0.5) is 0 Å². The number of para-hydroxylation sites is 1. The summed E-state index contributed by atoms with van der Waals surface area (Å²) in [4.78, 5) is 29.5. The van der Waals surface area contributed by atoms with Crippen molar-refractivity contribution in [3.05, 3.63) is 69.5 Å². The minimum Gasteiger partial charge on any atom is -0.462 e. The van der Waals surface area contributed by atoms with Gasteiger partial charge in [0.15, 0.2) is 5.16 Å². The van der Waals surface area contributed by atoms with Crippen molar-refractivity contribution in [1.82, 2.24) is 9.55 Å². The van der Waals surface area contributed by atoms with Gasteiger partial charge in [-0.25, -0.2) is 4.98 Å². The zero-order chi connectivity index (χ0) is 19.4. The second kappa shape index (κ2) is 8.59. The molecule has 0 amide bonds. The smallest absolute Gasteiger partial charge is 0.316 e. The van der Waals surface area contributed by atoms with E-state index in [0.717, 1.165) is 5.56 Å². The van der Waals surface area contributed by atoms with Gasteiger partial charge in [0.05, 0.1) is 29.3 Å². The summed E-state index contributed by atoms with van der Waals surface area (Å²) in [5.74, 6) is -0.251. The Morgan fingerprint density at radius 2 is 1.89 bits per heavy atom. The van der Waals surface area contributed by atoms with Crippen LogP contribution in [-0.4, -0.2) is 27.4 Å². The predicted octanol–water partition coefficient (Wildman–Crippen LogP) is 4.14. The van der Waals surface area contributed by atoms with Crippen LogP contribution in [0.3, 0.4) is 0 Å². The van der Waals surface area contributed by atoms with Crippen LogP contribution in [-0.2, 0) is 16.1 Å². The molecule has 0 bridgehead atoms. The summed E-state index contributed by atoms with van der Waals surface area (Å²) >= 11 is 7.14. The zero-order valence-corrected chi connectivity index (χ0v) is 16.6. The van der Waals surface area contributed by atoms with E-state index in [9.17, 15) is 9.59 Å². The summed E-state index contributed by atoms with van der Waals surface area (Å²) in [5, 5.41) is 1.66. The molecule has 0 radical (unpaired) electrons. The molecule has 0 unspecified atom stereocenters. The predicted molar refractivity (Wildman–Crippen MR) is 109 cm³/mol. The minimum absolute atomic E-state index is 0.0869. The van der Waals surface area contributed by atoms with Crippen LogP contribution >= 0.6 is 23.4 Å². The van der Waals surface area contributed by atoms with E-state index in [4.69, 9.17) is 16.3 Å². The number of hydrogen-bond acceptors (Lipinski definition) is 5. The standard InChI is InChI=1S/C20H19ClN2O3S/c1-13(2)26-18(24)12-27-20-22-17-6-4-3-5-16(17)19(25)23(20)11-14-7-9-15(21)10-8-14/h3-10,13H,11-12H2,1-2H3. The van der Waals surface area contributed by atoms with Crippen molar-refractivity contribution in [2.45, 2.75) is 31.7 Å². The first-order chi connectivity index (χ1) is 12.9.